The molecule has 1 aromatic carbocycles. The minimum Gasteiger partial charge on any atom is -0.478 e. The van der Waals surface area contributed by atoms with E-state index in [1.54, 1.807) is 0 Å². The van der Waals surface area contributed by atoms with Crippen molar-refractivity contribution in [1.82, 2.24) is 0 Å². The lowest BCUT2D eigenvalue weighted by molar-refractivity contribution is -0.387. The standard InChI is InChI=1S/C7H5NO4S2/c9-7(10)4-2-1-3-5(8(11)12)6(4)14-13/h1-3,13H,(H,9,10). The van der Waals surface area contributed by atoms with E-state index in [0.29, 0.717) is 0 Å². The van der Waals surface area contributed by atoms with Gasteiger partial charge in [0.25, 0.3) is 5.69 Å². The Balaban J connectivity index is 3.39. The Hall–Kier alpha value is -1.21. The van der Waals surface area contributed by atoms with Crippen LogP contribution in [0.5, 0.6) is 0 Å². The first-order valence-corrected chi connectivity index (χ1v) is 5.27. The van der Waals surface area contributed by atoms with Crippen LogP contribution in [-0.4, -0.2) is 16.0 Å². The summed E-state index contributed by atoms with van der Waals surface area (Å²) in [5.41, 5.74) is -0.357. The summed E-state index contributed by atoms with van der Waals surface area (Å²) in [5.74, 6) is -1.20. The number of aromatic carboxylic acids is 1. The summed E-state index contributed by atoms with van der Waals surface area (Å²) in [5, 5.41) is 19.3. The van der Waals surface area contributed by atoms with E-state index in [1.165, 1.54) is 18.2 Å². The first-order valence-electron chi connectivity index (χ1n) is 3.40. The molecule has 0 unspecified atom stereocenters. The van der Waals surface area contributed by atoms with Gasteiger partial charge >= 0.3 is 5.97 Å². The second-order valence-corrected chi connectivity index (χ2v) is 3.45. The zero-order chi connectivity index (χ0) is 10.7. The molecule has 1 rings (SSSR count). The van der Waals surface area contributed by atoms with Crippen LogP contribution in [0.3, 0.4) is 0 Å². The summed E-state index contributed by atoms with van der Waals surface area (Å²) in [4.78, 5) is 20.6. The van der Waals surface area contributed by atoms with Gasteiger partial charge in [-0.25, -0.2) is 4.79 Å². The molecular weight excluding hydrogens is 226 g/mol. The van der Waals surface area contributed by atoms with Gasteiger partial charge in [0.2, 0.25) is 0 Å². The number of benzene rings is 1. The highest BCUT2D eigenvalue weighted by Gasteiger charge is 2.20. The molecule has 0 aromatic heterocycles. The lowest BCUT2D eigenvalue weighted by Crippen LogP contribution is -2.01. The van der Waals surface area contributed by atoms with Crippen molar-refractivity contribution < 1.29 is 14.8 Å². The summed E-state index contributed by atoms with van der Waals surface area (Å²) in [7, 11) is 0.751. The fraction of sp³-hybridized carbons (Fsp3) is 0. The first kappa shape index (κ1) is 10.9. The highest BCUT2D eigenvalue weighted by Crippen LogP contribution is 2.34. The Kier molecular flexibility index (Phi) is 3.37. The highest BCUT2D eigenvalue weighted by molar-refractivity contribution is 8.68. The van der Waals surface area contributed by atoms with Gasteiger partial charge in [-0.05, 0) is 6.07 Å². The molecule has 14 heavy (non-hydrogen) atoms. The number of rotatable bonds is 3. The molecule has 0 aliphatic rings. The van der Waals surface area contributed by atoms with E-state index in [2.05, 4.69) is 11.7 Å². The molecule has 0 saturated carbocycles. The quantitative estimate of drug-likeness (QED) is 0.361. The molecule has 0 bridgehead atoms. The maximum Gasteiger partial charge on any atom is 0.337 e. The van der Waals surface area contributed by atoms with Crippen LogP contribution >= 0.6 is 22.5 Å². The van der Waals surface area contributed by atoms with Crippen molar-refractivity contribution in [3.8, 4) is 0 Å². The van der Waals surface area contributed by atoms with Crippen molar-refractivity contribution in [1.29, 1.82) is 0 Å². The highest BCUT2D eigenvalue weighted by atomic mass is 33.1. The first-order chi connectivity index (χ1) is 6.57. The van der Waals surface area contributed by atoms with Crippen molar-refractivity contribution in [3.63, 3.8) is 0 Å². The number of thiol groups is 1. The lowest BCUT2D eigenvalue weighted by Gasteiger charge is -2.01. The van der Waals surface area contributed by atoms with Gasteiger partial charge < -0.3 is 5.11 Å². The molecule has 0 saturated heterocycles. The Labute approximate surface area is 88.1 Å². The van der Waals surface area contributed by atoms with E-state index in [4.69, 9.17) is 5.11 Å². The van der Waals surface area contributed by atoms with Gasteiger partial charge in [-0.3, -0.25) is 10.1 Å². The number of nitrogens with zero attached hydrogens (tertiary/aromatic N) is 1. The minimum atomic E-state index is -1.20. The second-order valence-electron chi connectivity index (χ2n) is 2.31. The van der Waals surface area contributed by atoms with Crippen LogP contribution in [0.25, 0.3) is 0 Å². The van der Waals surface area contributed by atoms with E-state index in [1.807, 2.05) is 0 Å². The molecule has 7 heteroatoms. The maximum absolute atomic E-state index is 10.7. The molecule has 0 heterocycles. The van der Waals surface area contributed by atoms with Crippen molar-refractivity contribution >= 4 is 34.1 Å². The molecule has 0 atom stereocenters. The minimum absolute atomic E-state index is 0.0494. The van der Waals surface area contributed by atoms with Gasteiger partial charge in [-0.2, -0.15) is 0 Å². The average Bonchev–Trinajstić information content (AvgIpc) is 2.16. The van der Waals surface area contributed by atoms with Gasteiger partial charge in [0.05, 0.1) is 10.5 Å². The van der Waals surface area contributed by atoms with E-state index >= 15 is 0 Å². The number of hydrogen-bond donors (Lipinski definition) is 2. The van der Waals surface area contributed by atoms with E-state index in [-0.39, 0.29) is 16.1 Å². The molecule has 74 valence electrons. The van der Waals surface area contributed by atoms with Crippen molar-refractivity contribution in [2.45, 2.75) is 4.90 Å². The number of hydrogen-bond acceptors (Lipinski definition) is 5. The summed E-state index contributed by atoms with van der Waals surface area (Å²) >= 11 is 3.79. The molecule has 1 aromatic rings. The Morgan fingerprint density at radius 1 is 1.57 bits per heavy atom. The van der Waals surface area contributed by atoms with Gasteiger partial charge in [0.1, 0.15) is 4.90 Å². The Morgan fingerprint density at radius 3 is 2.64 bits per heavy atom. The van der Waals surface area contributed by atoms with Crippen molar-refractivity contribution in [2.75, 3.05) is 0 Å². The summed E-state index contributed by atoms with van der Waals surface area (Å²) < 4.78 is 0. The predicted octanol–water partition coefficient (Wildman–Crippen LogP) is 2.23. The fourth-order valence-electron chi connectivity index (χ4n) is 0.933. The van der Waals surface area contributed by atoms with Crippen molar-refractivity contribution in [2.24, 2.45) is 0 Å². The summed E-state index contributed by atoms with van der Waals surface area (Å²) in [6.45, 7) is 0. The third kappa shape index (κ3) is 1.99. The number of carboxylic acids is 1. The van der Waals surface area contributed by atoms with Gasteiger partial charge in [-0.1, -0.05) is 16.9 Å². The summed E-state index contributed by atoms with van der Waals surface area (Å²) in [6.07, 6.45) is 0. The Morgan fingerprint density at radius 2 is 2.21 bits per heavy atom. The van der Waals surface area contributed by atoms with Crippen molar-refractivity contribution in [3.05, 3.63) is 33.9 Å². The van der Waals surface area contributed by atoms with Crippen LogP contribution < -0.4 is 0 Å². The zero-order valence-corrected chi connectivity index (χ0v) is 8.42. The topological polar surface area (TPSA) is 80.4 Å². The third-order valence-corrected chi connectivity index (χ3v) is 2.67. The smallest absolute Gasteiger partial charge is 0.337 e. The average molecular weight is 231 g/mol. The SMILES string of the molecule is O=C(O)c1cccc([N+](=O)[O-])c1SS. The Bertz CT molecular complexity index is 361. The van der Waals surface area contributed by atoms with Crippen LogP contribution in [-0.2, 0) is 0 Å². The third-order valence-electron chi connectivity index (χ3n) is 1.51. The van der Waals surface area contributed by atoms with Crippen LogP contribution in [0.1, 0.15) is 10.4 Å². The second kappa shape index (κ2) is 4.34. The van der Waals surface area contributed by atoms with E-state index < -0.39 is 10.9 Å². The normalized spacial score (nSPS) is 9.79. The molecule has 1 N–H and O–H groups in total. The van der Waals surface area contributed by atoms with E-state index in [9.17, 15) is 14.9 Å². The molecule has 0 spiro atoms. The molecule has 0 aliphatic carbocycles. The predicted molar refractivity (Wildman–Crippen MR) is 54.9 cm³/mol. The van der Waals surface area contributed by atoms with Gasteiger partial charge in [0, 0.05) is 6.07 Å². The van der Waals surface area contributed by atoms with Crippen LogP contribution in [0.4, 0.5) is 5.69 Å². The number of nitro benzene ring substituents is 1. The van der Waals surface area contributed by atoms with Gasteiger partial charge in [-0.15, -0.1) is 11.7 Å². The molecule has 5 nitrogen and oxygen atoms in total. The van der Waals surface area contributed by atoms with E-state index in [0.717, 1.165) is 10.8 Å². The van der Waals surface area contributed by atoms with Gasteiger partial charge in [0.15, 0.2) is 0 Å². The van der Waals surface area contributed by atoms with Crippen LogP contribution in [0, 0.1) is 10.1 Å². The summed E-state index contributed by atoms with van der Waals surface area (Å²) in [6, 6.07) is 3.87. The molecular formula is C7H5NO4S2. The largest absolute Gasteiger partial charge is 0.478 e. The number of carboxylic acid groups (broad SMARTS) is 1. The fourth-order valence-corrected chi connectivity index (χ4v) is 2.00. The van der Waals surface area contributed by atoms with Crippen LogP contribution in [0.2, 0.25) is 0 Å². The molecule has 0 fully saturated rings. The number of nitro groups is 1. The molecule has 0 aliphatic heterocycles. The number of carbonyl (C=O) groups is 1. The maximum atomic E-state index is 10.7. The van der Waals surface area contributed by atoms with Crippen LogP contribution in [0.15, 0.2) is 23.1 Å². The lowest BCUT2D eigenvalue weighted by atomic mass is 10.2. The molecule has 0 amide bonds. The molecule has 0 radical (unpaired) electrons. The monoisotopic (exact) mass is 231 g/mol. The zero-order valence-electron chi connectivity index (χ0n) is 6.71.